The minimum atomic E-state index is -0.951. The molecule has 0 aliphatic rings. The van der Waals surface area contributed by atoms with Gasteiger partial charge in [-0.2, -0.15) is 0 Å². The van der Waals surface area contributed by atoms with E-state index >= 15 is 0 Å². The van der Waals surface area contributed by atoms with Crippen LogP contribution in [0.4, 0.5) is 0 Å². The molecule has 0 amide bonds. The van der Waals surface area contributed by atoms with Crippen LogP contribution >= 0.6 is 0 Å². The lowest BCUT2D eigenvalue weighted by molar-refractivity contribution is 0.0699. The quantitative estimate of drug-likeness (QED) is 0.814. The van der Waals surface area contributed by atoms with E-state index in [-0.39, 0.29) is 11.6 Å². The zero-order chi connectivity index (χ0) is 13.4. The molecular formula is C14H16N2O2. The summed E-state index contributed by atoms with van der Waals surface area (Å²) in [6, 6.07) is 3.67. The standard InChI is InChI=1S/C14H16N2O2/c1-8(2)16-7-9(3)13-11(14(17)18)4-10(6-15)5-12(13)16/h4-8,15H,1-3H3,(H,17,18). The van der Waals surface area contributed by atoms with Crippen molar-refractivity contribution in [2.45, 2.75) is 26.8 Å². The van der Waals surface area contributed by atoms with Crippen LogP contribution in [0.2, 0.25) is 0 Å². The summed E-state index contributed by atoms with van der Waals surface area (Å²) in [4.78, 5) is 11.3. The summed E-state index contributed by atoms with van der Waals surface area (Å²) in [6.07, 6.45) is 3.15. The van der Waals surface area contributed by atoms with Gasteiger partial charge in [0.25, 0.3) is 0 Å². The van der Waals surface area contributed by atoms with Crippen LogP contribution < -0.4 is 0 Å². The summed E-state index contributed by atoms with van der Waals surface area (Å²) in [5, 5.41) is 17.4. The summed E-state index contributed by atoms with van der Waals surface area (Å²) >= 11 is 0. The van der Waals surface area contributed by atoms with Crippen molar-refractivity contribution in [2.24, 2.45) is 0 Å². The Morgan fingerprint density at radius 1 is 1.44 bits per heavy atom. The molecule has 0 aliphatic heterocycles. The monoisotopic (exact) mass is 244 g/mol. The second-order valence-electron chi connectivity index (χ2n) is 4.73. The van der Waals surface area contributed by atoms with E-state index in [1.165, 1.54) is 6.21 Å². The van der Waals surface area contributed by atoms with Crippen molar-refractivity contribution < 1.29 is 9.90 Å². The van der Waals surface area contributed by atoms with Crippen molar-refractivity contribution in [3.8, 4) is 0 Å². The number of carboxylic acid groups (broad SMARTS) is 1. The molecule has 1 aromatic heterocycles. The highest BCUT2D eigenvalue weighted by molar-refractivity contribution is 6.06. The van der Waals surface area contributed by atoms with Gasteiger partial charge in [0.2, 0.25) is 0 Å². The van der Waals surface area contributed by atoms with Crippen molar-refractivity contribution in [2.75, 3.05) is 0 Å². The molecule has 0 unspecified atom stereocenters. The van der Waals surface area contributed by atoms with Crippen molar-refractivity contribution >= 4 is 23.1 Å². The molecule has 4 heteroatoms. The van der Waals surface area contributed by atoms with E-state index in [0.29, 0.717) is 5.56 Å². The topological polar surface area (TPSA) is 66.1 Å². The summed E-state index contributed by atoms with van der Waals surface area (Å²) in [5.41, 5.74) is 2.70. The number of aromatic nitrogens is 1. The second kappa shape index (κ2) is 4.29. The first kappa shape index (κ1) is 12.4. The lowest BCUT2D eigenvalue weighted by atomic mass is 10.0. The molecule has 1 aromatic carbocycles. The van der Waals surface area contributed by atoms with E-state index in [1.807, 2.05) is 23.8 Å². The Bertz CT molecular complexity index is 639. The fourth-order valence-corrected chi connectivity index (χ4v) is 2.29. The highest BCUT2D eigenvalue weighted by atomic mass is 16.4. The Hall–Kier alpha value is -2.10. The third-order valence-corrected chi connectivity index (χ3v) is 3.10. The molecule has 0 saturated carbocycles. The van der Waals surface area contributed by atoms with Gasteiger partial charge in [-0.1, -0.05) is 0 Å². The number of rotatable bonds is 3. The fraction of sp³-hybridized carbons (Fsp3) is 0.286. The van der Waals surface area contributed by atoms with Crippen molar-refractivity contribution in [3.05, 3.63) is 35.0 Å². The van der Waals surface area contributed by atoms with Gasteiger partial charge in [0, 0.05) is 23.8 Å². The Morgan fingerprint density at radius 3 is 2.61 bits per heavy atom. The Balaban J connectivity index is 2.92. The lowest BCUT2D eigenvalue weighted by Crippen LogP contribution is -2.02. The van der Waals surface area contributed by atoms with E-state index in [1.54, 1.807) is 6.07 Å². The number of nitrogens with one attached hydrogen (secondary N) is 1. The number of aryl methyl sites for hydroxylation is 1. The third kappa shape index (κ3) is 1.79. The first-order valence-electron chi connectivity index (χ1n) is 5.84. The van der Waals surface area contributed by atoms with Crippen LogP contribution in [0.15, 0.2) is 18.3 Å². The second-order valence-corrected chi connectivity index (χ2v) is 4.73. The number of hydrogen-bond acceptors (Lipinski definition) is 2. The predicted molar refractivity (Wildman–Crippen MR) is 71.9 cm³/mol. The minimum Gasteiger partial charge on any atom is -0.478 e. The Morgan fingerprint density at radius 2 is 2.11 bits per heavy atom. The van der Waals surface area contributed by atoms with Crippen LogP contribution in [-0.2, 0) is 0 Å². The van der Waals surface area contributed by atoms with Gasteiger partial charge in [-0.15, -0.1) is 0 Å². The SMILES string of the molecule is Cc1cn(C(C)C)c2cc(C=N)cc(C(=O)O)c12. The van der Waals surface area contributed by atoms with Crippen LogP contribution in [0.25, 0.3) is 10.9 Å². The molecule has 0 fully saturated rings. The Labute approximate surface area is 105 Å². The number of nitrogens with zero attached hydrogens (tertiary/aromatic N) is 1. The van der Waals surface area contributed by atoms with E-state index in [4.69, 9.17) is 5.41 Å². The zero-order valence-corrected chi connectivity index (χ0v) is 10.7. The van der Waals surface area contributed by atoms with Crippen LogP contribution in [0, 0.1) is 12.3 Å². The zero-order valence-electron chi connectivity index (χ0n) is 10.7. The van der Waals surface area contributed by atoms with Gasteiger partial charge in [0.1, 0.15) is 0 Å². The van der Waals surface area contributed by atoms with Gasteiger partial charge in [-0.25, -0.2) is 4.79 Å². The molecule has 0 saturated heterocycles. The molecule has 1 heterocycles. The molecule has 2 N–H and O–H groups in total. The van der Waals surface area contributed by atoms with Crippen molar-refractivity contribution in [1.82, 2.24) is 4.57 Å². The summed E-state index contributed by atoms with van der Waals surface area (Å²) in [7, 11) is 0. The van der Waals surface area contributed by atoms with Gasteiger partial charge in [0.05, 0.1) is 11.1 Å². The van der Waals surface area contributed by atoms with Crippen LogP contribution in [-0.4, -0.2) is 21.9 Å². The predicted octanol–water partition coefficient (Wildman–Crippen LogP) is 3.23. The summed E-state index contributed by atoms with van der Waals surface area (Å²) < 4.78 is 2.05. The maximum absolute atomic E-state index is 11.3. The molecule has 18 heavy (non-hydrogen) atoms. The van der Waals surface area contributed by atoms with Crippen molar-refractivity contribution in [1.29, 1.82) is 5.41 Å². The molecule has 0 atom stereocenters. The molecule has 2 aromatic rings. The molecule has 0 radical (unpaired) electrons. The number of carbonyl (C=O) groups is 1. The summed E-state index contributed by atoms with van der Waals surface area (Å²) in [6.45, 7) is 6.02. The van der Waals surface area contributed by atoms with Crippen LogP contribution in [0.1, 0.15) is 41.4 Å². The highest BCUT2D eigenvalue weighted by Crippen LogP contribution is 2.28. The van der Waals surface area contributed by atoms with E-state index in [2.05, 4.69) is 13.8 Å². The number of hydrogen-bond donors (Lipinski definition) is 2. The van der Waals surface area contributed by atoms with Crippen LogP contribution in [0.5, 0.6) is 0 Å². The molecule has 4 nitrogen and oxygen atoms in total. The maximum Gasteiger partial charge on any atom is 0.336 e. The molecule has 94 valence electrons. The first-order chi connectivity index (χ1) is 8.45. The summed E-state index contributed by atoms with van der Waals surface area (Å²) in [5.74, 6) is -0.951. The third-order valence-electron chi connectivity index (χ3n) is 3.10. The lowest BCUT2D eigenvalue weighted by Gasteiger charge is -2.10. The maximum atomic E-state index is 11.3. The fourth-order valence-electron chi connectivity index (χ4n) is 2.29. The van der Waals surface area contributed by atoms with E-state index in [9.17, 15) is 9.90 Å². The smallest absolute Gasteiger partial charge is 0.336 e. The van der Waals surface area contributed by atoms with E-state index < -0.39 is 5.97 Å². The van der Waals surface area contributed by atoms with Crippen LogP contribution in [0.3, 0.4) is 0 Å². The first-order valence-corrected chi connectivity index (χ1v) is 5.84. The minimum absolute atomic E-state index is 0.254. The molecule has 2 rings (SSSR count). The Kier molecular flexibility index (Phi) is 2.95. The normalized spacial score (nSPS) is 11.1. The average molecular weight is 244 g/mol. The number of aromatic carboxylic acids is 1. The molecule has 0 bridgehead atoms. The molecule has 0 aliphatic carbocycles. The van der Waals surface area contributed by atoms with Gasteiger partial charge in [0.15, 0.2) is 0 Å². The van der Waals surface area contributed by atoms with Gasteiger partial charge >= 0.3 is 5.97 Å². The van der Waals surface area contributed by atoms with Gasteiger partial charge in [-0.3, -0.25) is 0 Å². The number of carboxylic acids is 1. The van der Waals surface area contributed by atoms with Gasteiger partial charge < -0.3 is 15.1 Å². The largest absolute Gasteiger partial charge is 0.478 e. The number of fused-ring (bicyclic) bond motifs is 1. The number of benzene rings is 1. The highest BCUT2D eigenvalue weighted by Gasteiger charge is 2.16. The van der Waals surface area contributed by atoms with E-state index in [0.717, 1.165) is 16.5 Å². The molecule has 0 spiro atoms. The molecular weight excluding hydrogens is 228 g/mol. The van der Waals surface area contributed by atoms with Crippen molar-refractivity contribution in [3.63, 3.8) is 0 Å². The van der Waals surface area contributed by atoms with Gasteiger partial charge in [-0.05, 0) is 44.0 Å². The average Bonchev–Trinajstić information content (AvgIpc) is 2.65.